The first-order valence-corrected chi connectivity index (χ1v) is 6.42. The maximum absolute atomic E-state index is 3.39. The fourth-order valence-corrected chi connectivity index (χ4v) is 2.07. The average Bonchev–Trinajstić information content (AvgIpc) is 2.30. The first-order chi connectivity index (χ1) is 7.67. The summed E-state index contributed by atoms with van der Waals surface area (Å²) in [7, 11) is 2.06. The summed E-state index contributed by atoms with van der Waals surface area (Å²) in [6, 6.07) is 9.67. The lowest BCUT2D eigenvalue weighted by molar-refractivity contribution is 0.403. The summed E-state index contributed by atoms with van der Waals surface area (Å²) >= 11 is 0. The predicted octanol–water partition coefficient (Wildman–Crippen LogP) is 3.43. The standard InChI is InChI=1S/C15H25N/c1-5-13-6-8-14(9-7-13)10-11-15(16-4)12(2)3/h6-9,12,15-16H,5,10-11H2,1-4H3. The Bertz CT molecular complexity index is 287. The molecular formula is C15H25N. The van der Waals surface area contributed by atoms with Crippen molar-refractivity contribution < 1.29 is 0 Å². The molecule has 0 radical (unpaired) electrons. The highest BCUT2D eigenvalue weighted by Gasteiger charge is 2.10. The third-order valence-corrected chi connectivity index (χ3v) is 3.35. The lowest BCUT2D eigenvalue weighted by Crippen LogP contribution is -2.30. The Balaban J connectivity index is 2.47. The minimum absolute atomic E-state index is 0.630. The van der Waals surface area contributed by atoms with Crippen LogP contribution in [0.4, 0.5) is 0 Å². The lowest BCUT2D eigenvalue weighted by atomic mass is 9.96. The molecule has 1 rings (SSSR count). The molecule has 1 unspecified atom stereocenters. The summed E-state index contributed by atoms with van der Waals surface area (Å²) in [5.41, 5.74) is 2.89. The third-order valence-electron chi connectivity index (χ3n) is 3.35. The first kappa shape index (κ1) is 13.2. The van der Waals surface area contributed by atoms with Gasteiger partial charge in [-0.05, 0) is 43.4 Å². The van der Waals surface area contributed by atoms with Gasteiger partial charge in [-0.25, -0.2) is 0 Å². The minimum atomic E-state index is 0.630. The number of hydrogen-bond acceptors (Lipinski definition) is 1. The number of aryl methyl sites for hydroxylation is 2. The third kappa shape index (κ3) is 3.97. The summed E-state index contributed by atoms with van der Waals surface area (Å²) in [5, 5.41) is 3.39. The van der Waals surface area contributed by atoms with Gasteiger partial charge in [0.05, 0.1) is 0 Å². The zero-order valence-corrected chi connectivity index (χ0v) is 11.1. The summed E-state index contributed by atoms with van der Waals surface area (Å²) in [6.07, 6.45) is 3.53. The first-order valence-electron chi connectivity index (χ1n) is 6.42. The molecule has 1 aromatic carbocycles. The van der Waals surface area contributed by atoms with Crippen LogP contribution in [0.5, 0.6) is 0 Å². The SMILES string of the molecule is CCc1ccc(CCC(NC)C(C)C)cc1. The normalized spacial score (nSPS) is 13.1. The second-order valence-electron chi connectivity index (χ2n) is 4.85. The lowest BCUT2D eigenvalue weighted by Gasteiger charge is -2.20. The Morgan fingerprint density at radius 3 is 2.06 bits per heavy atom. The van der Waals surface area contributed by atoms with Crippen molar-refractivity contribution in [1.29, 1.82) is 0 Å². The molecular weight excluding hydrogens is 194 g/mol. The zero-order valence-electron chi connectivity index (χ0n) is 11.1. The quantitative estimate of drug-likeness (QED) is 0.773. The van der Waals surface area contributed by atoms with E-state index in [1.54, 1.807) is 0 Å². The maximum atomic E-state index is 3.39. The number of rotatable bonds is 6. The van der Waals surface area contributed by atoms with Crippen LogP contribution < -0.4 is 5.32 Å². The summed E-state index contributed by atoms with van der Waals surface area (Å²) in [6.45, 7) is 6.76. The van der Waals surface area contributed by atoms with Gasteiger partial charge in [0.1, 0.15) is 0 Å². The van der Waals surface area contributed by atoms with Gasteiger partial charge in [0.25, 0.3) is 0 Å². The molecule has 1 N–H and O–H groups in total. The number of benzene rings is 1. The molecule has 0 fully saturated rings. The van der Waals surface area contributed by atoms with Crippen LogP contribution in [0.1, 0.15) is 38.3 Å². The van der Waals surface area contributed by atoms with Gasteiger partial charge < -0.3 is 5.32 Å². The van der Waals surface area contributed by atoms with Gasteiger partial charge in [0.15, 0.2) is 0 Å². The molecule has 0 aromatic heterocycles. The predicted molar refractivity (Wildman–Crippen MR) is 71.8 cm³/mol. The van der Waals surface area contributed by atoms with Crippen molar-refractivity contribution in [2.45, 2.75) is 46.1 Å². The molecule has 0 heterocycles. The van der Waals surface area contributed by atoms with Gasteiger partial charge in [0.2, 0.25) is 0 Å². The molecule has 0 amide bonds. The van der Waals surface area contributed by atoms with E-state index in [1.165, 1.54) is 24.0 Å². The second-order valence-corrected chi connectivity index (χ2v) is 4.85. The van der Waals surface area contributed by atoms with Crippen LogP contribution in [-0.4, -0.2) is 13.1 Å². The van der Waals surface area contributed by atoms with E-state index in [9.17, 15) is 0 Å². The Kier molecular flexibility index (Phi) is 5.54. The van der Waals surface area contributed by atoms with Crippen LogP contribution in [-0.2, 0) is 12.8 Å². The van der Waals surface area contributed by atoms with E-state index in [4.69, 9.17) is 0 Å². The summed E-state index contributed by atoms with van der Waals surface area (Å²) in [4.78, 5) is 0. The molecule has 0 bridgehead atoms. The Hall–Kier alpha value is -0.820. The highest BCUT2D eigenvalue weighted by molar-refractivity contribution is 5.22. The van der Waals surface area contributed by atoms with Crippen LogP contribution in [0.2, 0.25) is 0 Å². The van der Waals surface area contributed by atoms with Crippen molar-refractivity contribution in [2.24, 2.45) is 5.92 Å². The van der Waals surface area contributed by atoms with Crippen molar-refractivity contribution in [3.05, 3.63) is 35.4 Å². The zero-order chi connectivity index (χ0) is 12.0. The Morgan fingerprint density at radius 1 is 1.06 bits per heavy atom. The van der Waals surface area contributed by atoms with Crippen molar-refractivity contribution in [3.8, 4) is 0 Å². The molecule has 0 aliphatic heterocycles. The highest BCUT2D eigenvalue weighted by Crippen LogP contribution is 2.12. The molecule has 0 aliphatic carbocycles. The van der Waals surface area contributed by atoms with E-state index in [0.29, 0.717) is 12.0 Å². The largest absolute Gasteiger partial charge is 0.317 e. The molecule has 1 heteroatoms. The van der Waals surface area contributed by atoms with Crippen LogP contribution in [0, 0.1) is 5.92 Å². The van der Waals surface area contributed by atoms with Crippen molar-refractivity contribution >= 4 is 0 Å². The monoisotopic (exact) mass is 219 g/mol. The minimum Gasteiger partial charge on any atom is -0.317 e. The van der Waals surface area contributed by atoms with Crippen molar-refractivity contribution in [1.82, 2.24) is 5.32 Å². The van der Waals surface area contributed by atoms with Gasteiger partial charge in [-0.1, -0.05) is 45.0 Å². The molecule has 0 aliphatic rings. The van der Waals surface area contributed by atoms with Crippen molar-refractivity contribution in [3.63, 3.8) is 0 Å². The molecule has 0 spiro atoms. The van der Waals surface area contributed by atoms with E-state index in [-0.39, 0.29) is 0 Å². The van der Waals surface area contributed by atoms with Crippen LogP contribution in [0.25, 0.3) is 0 Å². The highest BCUT2D eigenvalue weighted by atomic mass is 14.9. The molecule has 16 heavy (non-hydrogen) atoms. The number of hydrogen-bond donors (Lipinski definition) is 1. The fraction of sp³-hybridized carbons (Fsp3) is 0.600. The van der Waals surface area contributed by atoms with Crippen LogP contribution in [0.15, 0.2) is 24.3 Å². The van der Waals surface area contributed by atoms with E-state index in [1.807, 2.05) is 0 Å². The van der Waals surface area contributed by atoms with Crippen LogP contribution in [0.3, 0.4) is 0 Å². The average molecular weight is 219 g/mol. The van der Waals surface area contributed by atoms with Gasteiger partial charge in [-0.2, -0.15) is 0 Å². The Labute approximate surface area is 100 Å². The second kappa shape index (κ2) is 6.70. The molecule has 1 atom stereocenters. The summed E-state index contributed by atoms with van der Waals surface area (Å²) < 4.78 is 0. The molecule has 90 valence electrons. The van der Waals surface area contributed by atoms with Gasteiger partial charge >= 0.3 is 0 Å². The maximum Gasteiger partial charge on any atom is 0.00902 e. The topological polar surface area (TPSA) is 12.0 Å². The van der Waals surface area contributed by atoms with E-state index in [2.05, 4.69) is 57.4 Å². The molecule has 0 saturated heterocycles. The van der Waals surface area contributed by atoms with Crippen LogP contribution >= 0.6 is 0 Å². The van der Waals surface area contributed by atoms with E-state index >= 15 is 0 Å². The van der Waals surface area contributed by atoms with Crippen molar-refractivity contribution in [2.75, 3.05) is 7.05 Å². The molecule has 1 nitrogen and oxygen atoms in total. The smallest absolute Gasteiger partial charge is 0.00902 e. The van der Waals surface area contributed by atoms with Gasteiger partial charge in [0, 0.05) is 6.04 Å². The van der Waals surface area contributed by atoms with E-state index in [0.717, 1.165) is 6.42 Å². The Morgan fingerprint density at radius 2 is 1.62 bits per heavy atom. The van der Waals surface area contributed by atoms with E-state index < -0.39 is 0 Å². The molecule has 1 aromatic rings. The molecule has 0 saturated carbocycles. The van der Waals surface area contributed by atoms with Gasteiger partial charge in [-0.3, -0.25) is 0 Å². The van der Waals surface area contributed by atoms with Gasteiger partial charge in [-0.15, -0.1) is 0 Å². The number of nitrogens with one attached hydrogen (secondary N) is 1. The summed E-state index contributed by atoms with van der Waals surface area (Å²) in [5.74, 6) is 0.708. The fourth-order valence-electron chi connectivity index (χ4n) is 2.07.